The Bertz CT molecular complexity index is 1120. The Labute approximate surface area is 155 Å². The standard InChI is InChI=1S/C20H20N4O3/c1-14-12-16(23-8-10-27-11-9-23)7-6-15(14)13-21-24-19(25)17-4-2-3-5-18(17)22-20(24)26/h2-7,12-13H,8-11H2,1H3,(H,22,26). The number of nitrogens with one attached hydrogen (secondary N) is 1. The lowest BCUT2D eigenvalue weighted by atomic mass is 10.1. The van der Waals surface area contributed by atoms with Crippen LogP contribution in [0.5, 0.6) is 0 Å². The van der Waals surface area contributed by atoms with Gasteiger partial charge in [-0.05, 0) is 42.3 Å². The predicted molar refractivity (Wildman–Crippen MR) is 106 cm³/mol. The van der Waals surface area contributed by atoms with Crippen molar-refractivity contribution >= 4 is 22.8 Å². The first kappa shape index (κ1) is 17.2. The molecule has 0 atom stereocenters. The SMILES string of the molecule is Cc1cc(N2CCOCC2)ccc1C=Nn1c(=O)[nH]c2ccccc2c1=O. The topological polar surface area (TPSA) is 79.7 Å². The number of H-pyrrole nitrogens is 1. The number of hydrogen-bond acceptors (Lipinski definition) is 5. The molecule has 0 bridgehead atoms. The van der Waals surface area contributed by atoms with E-state index in [1.54, 1.807) is 30.5 Å². The van der Waals surface area contributed by atoms with Crippen molar-refractivity contribution < 1.29 is 4.74 Å². The molecule has 27 heavy (non-hydrogen) atoms. The molecule has 138 valence electrons. The number of aryl methyl sites for hydroxylation is 1. The van der Waals surface area contributed by atoms with Crippen LogP contribution in [-0.2, 0) is 4.74 Å². The molecule has 3 aromatic rings. The highest BCUT2D eigenvalue weighted by molar-refractivity contribution is 5.83. The second-order valence-electron chi connectivity index (χ2n) is 6.48. The third-order valence-corrected chi connectivity index (χ3v) is 4.73. The number of nitrogens with zero attached hydrogens (tertiary/aromatic N) is 3. The van der Waals surface area contributed by atoms with Gasteiger partial charge in [0, 0.05) is 18.8 Å². The lowest BCUT2D eigenvalue weighted by Crippen LogP contribution is -2.36. The molecule has 7 nitrogen and oxygen atoms in total. The smallest absolute Gasteiger partial charge is 0.349 e. The van der Waals surface area contributed by atoms with E-state index in [0.717, 1.165) is 47.8 Å². The fourth-order valence-electron chi connectivity index (χ4n) is 3.20. The molecule has 0 spiro atoms. The summed E-state index contributed by atoms with van der Waals surface area (Å²) in [7, 11) is 0. The van der Waals surface area contributed by atoms with E-state index in [9.17, 15) is 9.59 Å². The molecule has 2 aromatic carbocycles. The minimum absolute atomic E-state index is 0.425. The van der Waals surface area contributed by atoms with Crippen LogP contribution in [0.15, 0.2) is 57.2 Å². The number of anilines is 1. The molecule has 1 saturated heterocycles. The molecule has 0 unspecified atom stereocenters. The van der Waals surface area contributed by atoms with Crippen molar-refractivity contribution in [2.75, 3.05) is 31.2 Å². The molecule has 7 heteroatoms. The Morgan fingerprint density at radius 1 is 1.11 bits per heavy atom. The maximum Gasteiger partial charge on any atom is 0.349 e. The number of aromatic nitrogens is 2. The van der Waals surface area contributed by atoms with Crippen LogP contribution in [0.4, 0.5) is 5.69 Å². The van der Waals surface area contributed by atoms with Gasteiger partial charge in [-0.25, -0.2) is 4.79 Å². The van der Waals surface area contributed by atoms with E-state index in [0.29, 0.717) is 10.9 Å². The van der Waals surface area contributed by atoms with Crippen LogP contribution in [0.3, 0.4) is 0 Å². The van der Waals surface area contributed by atoms with Gasteiger partial charge in [0.1, 0.15) is 0 Å². The van der Waals surface area contributed by atoms with Crippen molar-refractivity contribution in [1.29, 1.82) is 0 Å². The zero-order chi connectivity index (χ0) is 18.8. The molecule has 1 aliphatic heterocycles. The fraction of sp³-hybridized carbons (Fsp3) is 0.250. The first-order chi connectivity index (χ1) is 13.1. The van der Waals surface area contributed by atoms with Gasteiger partial charge in [0.15, 0.2) is 0 Å². The van der Waals surface area contributed by atoms with Crippen LogP contribution in [0.2, 0.25) is 0 Å². The lowest BCUT2D eigenvalue weighted by molar-refractivity contribution is 0.122. The van der Waals surface area contributed by atoms with Crippen molar-refractivity contribution in [3.05, 3.63) is 74.4 Å². The number of para-hydroxylation sites is 1. The molecular weight excluding hydrogens is 344 g/mol. The highest BCUT2D eigenvalue weighted by atomic mass is 16.5. The van der Waals surface area contributed by atoms with E-state index in [4.69, 9.17) is 4.74 Å². The predicted octanol–water partition coefficient (Wildman–Crippen LogP) is 1.72. The largest absolute Gasteiger partial charge is 0.378 e. The summed E-state index contributed by atoms with van der Waals surface area (Å²) in [4.78, 5) is 29.7. The number of fused-ring (bicyclic) bond motifs is 1. The van der Waals surface area contributed by atoms with Crippen LogP contribution in [-0.4, -0.2) is 42.2 Å². The highest BCUT2D eigenvalue weighted by Crippen LogP contribution is 2.19. The van der Waals surface area contributed by atoms with Crippen LogP contribution in [0, 0.1) is 6.92 Å². The van der Waals surface area contributed by atoms with Crippen molar-refractivity contribution in [1.82, 2.24) is 9.66 Å². The summed E-state index contributed by atoms with van der Waals surface area (Å²) >= 11 is 0. The molecule has 0 amide bonds. The quantitative estimate of drug-likeness (QED) is 0.718. The van der Waals surface area contributed by atoms with Crippen molar-refractivity contribution in [3.63, 3.8) is 0 Å². The second kappa shape index (κ2) is 7.20. The molecule has 1 N–H and O–H groups in total. The summed E-state index contributed by atoms with van der Waals surface area (Å²) in [5.41, 5.74) is 2.52. The Morgan fingerprint density at radius 3 is 2.67 bits per heavy atom. The first-order valence-corrected chi connectivity index (χ1v) is 8.85. The van der Waals surface area contributed by atoms with E-state index < -0.39 is 11.2 Å². The first-order valence-electron chi connectivity index (χ1n) is 8.85. The van der Waals surface area contributed by atoms with Gasteiger partial charge in [0.2, 0.25) is 0 Å². The Balaban J connectivity index is 1.66. The summed E-state index contributed by atoms with van der Waals surface area (Å²) in [5.74, 6) is 0. The van der Waals surface area contributed by atoms with Crippen molar-refractivity contribution in [2.24, 2.45) is 5.10 Å². The van der Waals surface area contributed by atoms with Gasteiger partial charge in [-0.3, -0.25) is 4.79 Å². The van der Waals surface area contributed by atoms with E-state index in [1.807, 2.05) is 19.1 Å². The maximum atomic E-state index is 12.5. The number of benzene rings is 2. The summed E-state index contributed by atoms with van der Waals surface area (Å²) in [5, 5.41) is 4.56. The molecule has 1 fully saturated rings. The second-order valence-corrected chi connectivity index (χ2v) is 6.48. The van der Waals surface area contributed by atoms with Crippen molar-refractivity contribution in [3.8, 4) is 0 Å². The molecule has 0 radical (unpaired) electrons. The van der Waals surface area contributed by atoms with Crippen molar-refractivity contribution in [2.45, 2.75) is 6.92 Å². The Morgan fingerprint density at radius 2 is 1.89 bits per heavy atom. The third-order valence-electron chi connectivity index (χ3n) is 4.73. The number of ether oxygens (including phenoxy) is 1. The van der Waals surface area contributed by atoms with E-state index in [2.05, 4.69) is 21.1 Å². The van der Waals surface area contributed by atoms with Gasteiger partial charge >= 0.3 is 5.69 Å². The average molecular weight is 364 g/mol. The van der Waals surface area contributed by atoms with Crippen LogP contribution < -0.4 is 16.1 Å². The number of morpholine rings is 1. The summed E-state index contributed by atoms with van der Waals surface area (Å²) < 4.78 is 6.25. The highest BCUT2D eigenvalue weighted by Gasteiger charge is 2.12. The molecule has 1 aromatic heterocycles. The van der Waals surface area contributed by atoms with E-state index >= 15 is 0 Å². The summed E-state index contributed by atoms with van der Waals surface area (Å²) in [6, 6.07) is 12.9. The molecule has 2 heterocycles. The molecule has 4 rings (SSSR count). The Hall–Kier alpha value is -3.19. The molecule has 0 aliphatic carbocycles. The molecule has 0 saturated carbocycles. The molecule has 1 aliphatic rings. The maximum absolute atomic E-state index is 12.5. The van der Waals surface area contributed by atoms with Crippen LogP contribution in [0.25, 0.3) is 10.9 Å². The number of hydrogen-bond donors (Lipinski definition) is 1. The summed E-state index contributed by atoms with van der Waals surface area (Å²) in [6.07, 6.45) is 1.55. The third kappa shape index (κ3) is 3.41. The van der Waals surface area contributed by atoms with Gasteiger partial charge < -0.3 is 14.6 Å². The van der Waals surface area contributed by atoms with Gasteiger partial charge in [-0.2, -0.15) is 5.10 Å². The van der Waals surface area contributed by atoms with Gasteiger partial charge in [0.05, 0.1) is 30.3 Å². The van der Waals surface area contributed by atoms with Gasteiger partial charge in [-0.15, -0.1) is 4.68 Å². The van der Waals surface area contributed by atoms with E-state index in [-0.39, 0.29) is 0 Å². The zero-order valence-electron chi connectivity index (χ0n) is 15.0. The monoisotopic (exact) mass is 364 g/mol. The van der Waals surface area contributed by atoms with E-state index in [1.165, 1.54) is 0 Å². The van der Waals surface area contributed by atoms with Crippen LogP contribution in [0.1, 0.15) is 11.1 Å². The van der Waals surface area contributed by atoms with Gasteiger partial charge in [-0.1, -0.05) is 18.2 Å². The number of aromatic amines is 1. The summed E-state index contributed by atoms with van der Waals surface area (Å²) in [6.45, 7) is 5.19. The lowest BCUT2D eigenvalue weighted by Gasteiger charge is -2.29. The number of rotatable bonds is 3. The van der Waals surface area contributed by atoms with Gasteiger partial charge in [0.25, 0.3) is 5.56 Å². The van der Waals surface area contributed by atoms with Crippen LogP contribution >= 0.6 is 0 Å². The minimum atomic E-state index is -0.558. The fourth-order valence-corrected chi connectivity index (χ4v) is 3.20. The Kier molecular flexibility index (Phi) is 4.60. The normalized spacial score (nSPS) is 14.9. The minimum Gasteiger partial charge on any atom is -0.378 e. The molecular formula is C20H20N4O3. The zero-order valence-corrected chi connectivity index (χ0v) is 15.0. The average Bonchev–Trinajstić information content (AvgIpc) is 2.69.